The highest BCUT2D eigenvalue weighted by Crippen LogP contribution is 2.22. The Morgan fingerprint density at radius 1 is 0.875 bits per heavy atom. The molecule has 170 valence electrons. The van der Waals surface area contributed by atoms with E-state index in [0.717, 1.165) is 5.56 Å². The second kappa shape index (κ2) is 9.42. The van der Waals surface area contributed by atoms with Crippen molar-refractivity contribution in [3.63, 3.8) is 0 Å². The molecule has 3 rings (SSSR count). The van der Waals surface area contributed by atoms with Gasteiger partial charge in [-0.05, 0) is 42.8 Å². The fraction of sp³-hybridized carbons (Fsp3) is 0.400. The summed E-state index contributed by atoms with van der Waals surface area (Å²) < 4.78 is 5.32. The van der Waals surface area contributed by atoms with Crippen molar-refractivity contribution in [3.8, 4) is 5.75 Å². The van der Waals surface area contributed by atoms with Gasteiger partial charge in [-0.1, -0.05) is 32.9 Å². The van der Waals surface area contributed by atoms with Gasteiger partial charge >= 0.3 is 0 Å². The molecule has 1 heterocycles. The topological polar surface area (TPSA) is 79.0 Å². The Hall–Kier alpha value is -3.35. The standard InChI is InChI=1S/C25H31N3O4/c1-17-9-10-19(16-21(17)32-5)23(30)28-13-11-27(12-14-28)22(29)18-7-6-8-20(15-18)26-24(31)25(2,3)4/h6-10,15-16H,11-14H2,1-5H3,(H,26,31). The lowest BCUT2D eigenvalue weighted by molar-refractivity contribution is -0.123. The molecule has 0 saturated carbocycles. The summed E-state index contributed by atoms with van der Waals surface area (Å²) in [6.07, 6.45) is 0. The first-order valence-corrected chi connectivity index (χ1v) is 10.7. The van der Waals surface area contributed by atoms with Gasteiger partial charge < -0.3 is 19.9 Å². The molecular weight excluding hydrogens is 406 g/mol. The Morgan fingerprint density at radius 3 is 1.97 bits per heavy atom. The average molecular weight is 438 g/mol. The zero-order chi connectivity index (χ0) is 23.5. The second-order valence-corrected chi connectivity index (χ2v) is 9.05. The lowest BCUT2D eigenvalue weighted by atomic mass is 9.95. The van der Waals surface area contributed by atoms with Crippen LogP contribution in [0.5, 0.6) is 5.75 Å². The molecule has 7 heteroatoms. The van der Waals surface area contributed by atoms with Crippen LogP contribution in [-0.2, 0) is 4.79 Å². The van der Waals surface area contributed by atoms with Crippen LogP contribution in [0.2, 0.25) is 0 Å². The Kier molecular flexibility index (Phi) is 6.87. The van der Waals surface area contributed by atoms with Crippen LogP contribution in [0.3, 0.4) is 0 Å². The largest absolute Gasteiger partial charge is 0.496 e. The molecule has 0 atom stereocenters. The molecule has 1 aliphatic heterocycles. The number of nitrogens with zero attached hydrogens (tertiary/aromatic N) is 2. The molecular formula is C25H31N3O4. The predicted octanol–water partition coefficient (Wildman–Crippen LogP) is 3.59. The molecule has 2 aromatic rings. The number of methoxy groups -OCH3 is 1. The molecule has 0 spiro atoms. The smallest absolute Gasteiger partial charge is 0.254 e. The maximum Gasteiger partial charge on any atom is 0.254 e. The Bertz CT molecular complexity index is 1020. The van der Waals surface area contributed by atoms with Gasteiger partial charge in [-0.15, -0.1) is 0 Å². The molecule has 0 aromatic heterocycles. The van der Waals surface area contributed by atoms with Crippen LogP contribution < -0.4 is 10.1 Å². The third-order valence-electron chi connectivity index (χ3n) is 5.56. The summed E-state index contributed by atoms with van der Waals surface area (Å²) >= 11 is 0. The summed E-state index contributed by atoms with van der Waals surface area (Å²) in [5.41, 5.74) is 2.14. The number of piperazine rings is 1. The first kappa shape index (κ1) is 23.3. The molecule has 1 fully saturated rings. The molecule has 1 aliphatic rings. The summed E-state index contributed by atoms with van der Waals surface area (Å²) in [6, 6.07) is 12.4. The van der Waals surface area contributed by atoms with Gasteiger partial charge in [0, 0.05) is 48.4 Å². The van der Waals surface area contributed by atoms with Crippen molar-refractivity contribution >= 4 is 23.4 Å². The van der Waals surface area contributed by atoms with E-state index in [1.54, 1.807) is 53.3 Å². The van der Waals surface area contributed by atoms with Crippen molar-refractivity contribution in [3.05, 3.63) is 59.2 Å². The van der Waals surface area contributed by atoms with Gasteiger partial charge in [0.2, 0.25) is 5.91 Å². The molecule has 0 radical (unpaired) electrons. The third kappa shape index (κ3) is 5.28. The fourth-order valence-electron chi connectivity index (χ4n) is 3.48. The summed E-state index contributed by atoms with van der Waals surface area (Å²) in [7, 11) is 1.59. The minimum Gasteiger partial charge on any atom is -0.496 e. The van der Waals surface area contributed by atoms with E-state index in [2.05, 4.69) is 5.32 Å². The molecule has 1 N–H and O–H groups in total. The van der Waals surface area contributed by atoms with Crippen molar-refractivity contribution in [1.29, 1.82) is 0 Å². The first-order chi connectivity index (χ1) is 15.1. The fourth-order valence-corrected chi connectivity index (χ4v) is 3.48. The number of carbonyl (C=O) groups excluding carboxylic acids is 3. The van der Waals surface area contributed by atoms with Crippen LogP contribution in [0.4, 0.5) is 5.69 Å². The number of hydrogen-bond donors (Lipinski definition) is 1. The average Bonchev–Trinajstić information content (AvgIpc) is 2.78. The number of hydrogen-bond acceptors (Lipinski definition) is 4. The maximum atomic E-state index is 13.0. The van der Waals surface area contributed by atoms with Crippen LogP contribution in [-0.4, -0.2) is 60.8 Å². The SMILES string of the molecule is COc1cc(C(=O)N2CCN(C(=O)c3cccc(NC(=O)C(C)(C)C)c3)CC2)ccc1C. The van der Waals surface area contributed by atoms with Gasteiger partial charge in [-0.2, -0.15) is 0 Å². The van der Waals surface area contributed by atoms with Crippen LogP contribution >= 0.6 is 0 Å². The number of ether oxygens (including phenoxy) is 1. The summed E-state index contributed by atoms with van der Waals surface area (Å²) in [5.74, 6) is 0.397. The quantitative estimate of drug-likeness (QED) is 0.793. The molecule has 2 aromatic carbocycles. The van der Waals surface area contributed by atoms with Crippen LogP contribution in [0.1, 0.15) is 47.1 Å². The molecule has 0 unspecified atom stereocenters. The van der Waals surface area contributed by atoms with Gasteiger partial charge in [0.25, 0.3) is 11.8 Å². The van der Waals surface area contributed by atoms with Crippen LogP contribution in [0.15, 0.2) is 42.5 Å². The number of nitrogens with one attached hydrogen (secondary N) is 1. The minimum absolute atomic E-state index is 0.0673. The number of carbonyl (C=O) groups is 3. The highest BCUT2D eigenvalue weighted by Gasteiger charge is 2.26. The zero-order valence-corrected chi connectivity index (χ0v) is 19.4. The lowest BCUT2D eigenvalue weighted by Gasteiger charge is -2.35. The van der Waals surface area contributed by atoms with Crippen molar-refractivity contribution in [1.82, 2.24) is 9.80 Å². The van der Waals surface area contributed by atoms with E-state index >= 15 is 0 Å². The highest BCUT2D eigenvalue weighted by molar-refractivity contribution is 5.99. The van der Waals surface area contributed by atoms with Crippen LogP contribution in [0, 0.1) is 12.3 Å². The van der Waals surface area contributed by atoms with E-state index in [-0.39, 0.29) is 17.7 Å². The number of amides is 3. The van der Waals surface area contributed by atoms with E-state index in [0.29, 0.717) is 48.7 Å². The maximum absolute atomic E-state index is 13.0. The van der Waals surface area contributed by atoms with Crippen molar-refractivity contribution in [2.75, 3.05) is 38.6 Å². The van der Waals surface area contributed by atoms with Crippen LogP contribution in [0.25, 0.3) is 0 Å². The molecule has 0 aliphatic carbocycles. The van der Waals surface area contributed by atoms with Crippen molar-refractivity contribution in [2.45, 2.75) is 27.7 Å². The second-order valence-electron chi connectivity index (χ2n) is 9.05. The van der Waals surface area contributed by atoms with Gasteiger partial charge in [-0.25, -0.2) is 0 Å². The van der Waals surface area contributed by atoms with Gasteiger partial charge in [0.15, 0.2) is 0 Å². The molecule has 3 amide bonds. The molecule has 1 saturated heterocycles. The number of anilines is 1. The molecule has 7 nitrogen and oxygen atoms in total. The van der Waals surface area contributed by atoms with Crippen molar-refractivity contribution < 1.29 is 19.1 Å². The number of benzene rings is 2. The molecule has 0 bridgehead atoms. The van der Waals surface area contributed by atoms with Gasteiger partial charge in [0.05, 0.1) is 7.11 Å². The number of aryl methyl sites for hydroxylation is 1. The lowest BCUT2D eigenvalue weighted by Crippen LogP contribution is -2.50. The van der Waals surface area contributed by atoms with E-state index in [9.17, 15) is 14.4 Å². The van der Waals surface area contributed by atoms with E-state index in [1.807, 2.05) is 33.8 Å². The Labute approximate surface area is 189 Å². The van der Waals surface area contributed by atoms with E-state index < -0.39 is 5.41 Å². The normalized spacial score (nSPS) is 14.2. The Morgan fingerprint density at radius 2 is 1.44 bits per heavy atom. The monoisotopic (exact) mass is 437 g/mol. The number of rotatable bonds is 4. The van der Waals surface area contributed by atoms with Gasteiger partial charge in [0.1, 0.15) is 5.75 Å². The highest BCUT2D eigenvalue weighted by atomic mass is 16.5. The minimum atomic E-state index is -0.523. The predicted molar refractivity (Wildman–Crippen MR) is 124 cm³/mol. The Balaban J connectivity index is 1.63. The third-order valence-corrected chi connectivity index (χ3v) is 5.56. The van der Waals surface area contributed by atoms with E-state index in [1.165, 1.54) is 0 Å². The first-order valence-electron chi connectivity index (χ1n) is 10.7. The zero-order valence-electron chi connectivity index (χ0n) is 19.4. The summed E-state index contributed by atoms with van der Waals surface area (Å²) in [6.45, 7) is 9.27. The van der Waals surface area contributed by atoms with Crippen molar-refractivity contribution in [2.24, 2.45) is 5.41 Å². The molecule has 32 heavy (non-hydrogen) atoms. The van der Waals surface area contributed by atoms with E-state index in [4.69, 9.17) is 4.74 Å². The summed E-state index contributed by atoms with van der Waals surface area (Å²) in [4.78, 5) is 41.6. The van der Waals surface area contributed by atoms with Gasteiger partial charge in [-0.3, -0.25) is 14.4 Å². The summed E-state index contributed by atoms with van der Waals surface area (Å²) in [5, 5.41) is 2.86.